The van der Waals surface area contributed by atoms with E-state index in [1.807, 2.05) is 0 Å². The molecule has 1 aromatic carbocycles. The number of nitrogens with zero attached hydrogens (tertiary/aromatic N) is 1. The number of benzene rings is 1. The van der Waals surface area contributed by atoms with Gasteiger partial charge in [-0.1, -0.05) is 38.8 Å². The Morgan fingerprint density at radius 1 is 0.963 bits per heavy atom. The van der Waals surface area contributed by atoms with E-state index in [1.165, 1.54) is 57.3 Å². The number of likely N-dealkylation sites (tertiary alicyclic amines) is 1. The summed E-state index contributed by atoms with van der Waals surface area (Å²) in [7, 11) is 0. The SMILES string of the molecule is CC(C)c1ccc(OCCCCN2CCCCCC2)cc1.O=C(O)C(=O)O. The Hall–Kier alpha value is -2.08. The van der Waals surface area contributed by atoms with Crippen LogP contribution in [0.5, 0.6) is 5.75 Å². The summed E-state index contributed by atoms with van der Waals surface area (Å²) in [6, 6.07) is 8.56. The van der Waals surface area contributed by atoms with Crippen molar-refractivity contribution in [2.75, 3.05) is 26.2 Å². The van der Waals surface area contributed by atoms with Crippen LogP contribution in [0.15, 0.2) is 24.3 Å². The Labute approximate surface area is 162 Å². The maximum atomic E-state index is 9.10. The van der Waals surface area contributed by atoms with Crippen molar-refractivity contribution in [1.82, 2.24) is 4.90 Å². The molecule has 0 bridgehead atoms. The van der Waals surface area contributed by atoms with Gasteiger partial charge in [-0.2, -0.15) is 0 Å². The number of rotatable bonds is 7. The first-order chi connectivity index (χ1) is 12.9. The fraction of sp³-hybridized carbons (Fsp3) is 0.619. The Balaban J connectivity index is 0.000000527. The molecule has 0 aromatic heterocycles. The van der Waals surface area contributed by atoms with Gasteiger partial charge in [-0.3, -0.25) is 0 Å². The number of carbonyl (C=O) groups is 2. The molecule has 0 atom stereocenters. The van der Waals surface area contributed by atoms with Crippen molar-refractivity contribution in [2.24, 2.45) is 0 Å². The molecule has 1 aliphatic rings. The number of carboxylic acid groups (broad SMARTS) is 2. The van der Waals surface area contributed by atoms with Crippen LogP contribution in [0.1, 0.15) is 63.9 Å². The monoisotopic (exact) mass is 379 g/mol. The van der Waals surface area contributed by atoms with Crippen molar-refractivity contribution in [3.63, 3.8) is 0 Å². The largest absolute Gasteiger partial charge is 0.494 e. The Morgan fingerprint density at radius 2 is 1.52 bits per heavy atom. The lowest BCUT2D eigenvalue weighted by Crippen LogP contribution is -2.25. The van der Waals surface area contributed by atoms with Crippen LogP contribution in [0.2, 0.25) is 0 Å². The van der Waals surface area contributed by atoms with Crippen LogP contribution in [0.25, 0.3) is 0 Å². The lowest BCUT2D eigenvalue weighted by molar-refractivity contribution is -0.159. The van der Waals surface area contributed by atoms with Crippen molar-refractivity contribution >= 4 is 11.9 Å². The van der Waals surface area contributed by atoms with Crippen molar-refractivity contribution in [1.29, 1.82) is 0 Å². The normalized spacial score (nSPS) is 14.8. The molecule has 6 heteroatoms. The molecule has 1 saturated heterocycles. The van der Waals surface area contributed by atoms with Gasteiger partial charge in [0.1, 0.15) is 5.75 Å². The third kappa shape index (κ3) is 10.6. The molecular weight excluding hydrogens is 346 g/mol. The number of unbranched alkanes of at least 4 members (excludes halogenated alkanes) is 1. The summed E-state index contributed by atoms with van der Waals surface area (Å²) >= 11 is 0. The Kier molecular flexibility index (Phi) is 11.2. The lowest BCUT2D eigenvalue weighted by atomic mass is 10.0. The molecular formula is C21H33NO5. The van der Waals surface area contributed by atoms with Crippen LogP contribution in [-0.4, -0.2) is 53.3 Å². The second-order valence-electron chi connectivity index (χ2n) is 7.15. The van der Waals surface area contributed by atoms with Crippen molar-refractivity contribution in [3.05, 3.63) is 29.8 Å². The number of hydrogen-bond acceptors (Lipinski definition) is 4. The third-order valence-corrected chi connectivity index (χ3v) is 4.57. The highest BCUT2D eigenvalue weighted by Gasteiger charge is 2.08. The van der Waals surface area contributed by atoms with Crippen LogP contribution in [0, 0.1) is 0 Å². The minimum atomic E-state index is -1.82. The van der Waals surface area contributed by atoms with Crippen molar-refractivity contribution < 1.29 is 24.5 Å². The maximum Gasteiger partial charge on any atom is 0.414 e. The van der Waals surface area contributed by atoms with E-state index >= 15 is 0 Å². The summed E-state index contributed by atoms with van der Waals surface area (Å²) in [6.07, 6.45) is 8.03. The Bertz CT molecular complexity index is 536. The van der Waals surface area contributed by atoms with Crippen LogP contribution in [0.4, 0.5) is 0 Å². The molecule has 1 aliphatic heterocycles. The smallest absolute Gasteiger partial charge is 0.414 e. The molecule has 0 spiro atoms. The van der Waals surface area contributed by atoms with Gasteiger partial charge in [0.2, 0.25) is 0 Å². The fourth-order valence-corrected chi connectivity index (χ4v) is 2.94. The van der Waals surface area contributed by atoms with Crippen molar-refractivity contribution in [3.8, 4) is 5.75 Å². The predicted molar refractivity (Wildman–Crippen MR) is 105 cm³/mol. The first-order valence-corrected chi connectivity index (χ1v) is 9.81. The fourth-order valence-electron chi connectivity index (χ4n) is 2.94. The summed E-state index contributed by atoms with van der Waals surface area (Å²) < 4.78 is 5.84. The number of aliphatic carboxylic acids is 2. The molecule has 27 heavy (non-hydrogen) atoms. The highest BCUT2D eigenvalue weighted by Crippen LogP contribution is 2.18. The topological polar surface area (TPSA) is 87.1 Å². The summed E-state index contributed by atoms with van der Waals surface area (Å²) in [5.74, 6) is -2.05. The van der Waals surface area contributed by atoms with E-state index in [-0.39, 0.29) is 0 Å². The zero-order chi connectivity index (χ0) is 20.1. The average molecular weight is 379 g/mol. The molecule has 0 radical (unpaired) electrons. The van der Waals surface area contributed by atoms with E-state index in [2.05, 4.69) is 43.0 Å². The van der Waals surface area contributed by atoms with E-state index in [4.69, 9.17) is 24.5 Å². The molecule has 6 nitrogen and oxygen atoms in total. The first-order valence-electron chi connectivity index (χ1n) is 9.81. The quantitative estimate of drug-likeness (QED) is 0.550. The van der Waals surface area contributed by atoms with Gasteiger partial charge >= 0.3 is 11.9 Å². The van der Waals surface area contributed by atoms with Crippen LogP contribution in [-0.2, 0) is 9.59 Å². The molecule has 0 amide bonds. The molecule has 1 fully saturated rings. The average Bonchev–Trinajstić information content (AvgIpc) is 2.91. The molecule has 2 N–H and O–H groups in total. The van der Waals surface area contributed by atoms with Gasteiger partial charge in [0.15, 0.2) is 0 Å². The van der Waals surface area contributed by atoms with Gasteiger partial charge in [-0.05, 0) is 68.9 Å². The summed E-state index contributed by atoms with van der Waals surface area (Å²) in [4.78, 5) is 20.8. The maximum absolute atomic E-state index is 9.10. The summed E-state index contributed by atoms with van der Waals surface area (Å²) in [5, 5.41) is 14.8. The Morgan fingerprint density at radius 3 is 2.00 bits per heavy atom. The van der Waals surface area contributed by atoms with Gasteiger partial charge in [-0.25, -0.2) is 9.59 Å². The first kappa shape index (κ1) is 23.0. The zero-order valence-electron chi connectivity index (χ0n) is 16.5. The standard InChI is InChI=1S/C19H31NO.C2H2O4/c1-17(2)18-9-11-19(12-10-18)21-16-8-7-15-20-13-5-3-4-6-14-20;3-1(4)2(5)6/h9-12,17H,3-8,13-16H2,1-2H3;(H,3,4)(H,5,6). The second kappa shape index (κ2) is 13.1. The third-order valence-electron chi connectivity index (χ3n) is 4.57. The number of carboxylic acids is 2. The summed E-state index contributed by atoms with van der Waals surface area (Å²) in [5.41, 5.74) is 1.38. The van der Waals surface area contributed by atoms with Crippen LogP contribution in [0.3, 0.4) is 0 Å². The molecule has 1 heterocycles. The highest BCUT2D eigenvalue weighted by atomic mass is 16.5. The van der Waals surface area contributed by atoms with Gasteiger partial charge in [0.05, 0.1) is 6.61 Å². The minimum Gasteiger partial charge on any atom is -0.494 e. The van der Waals surface area contributed by atoms with Gasteiger partial charge in [0, 0.05) is 0 Å². The predicted octanol–water partition coefficient (Wildman–Crippen LogP) is 4.00. The van der Waals surface area contributed by atoms with Gasteiger partial charge in [0.25, 0.3) is 0 Å². The van der Waals surface area contributed by atoms with E-state index < -0.39 is 11.9 Å². The number of hydrogen-bond donors (Lipinski definition) is 2. The molecule has 2 rings (SSSR count). The van der Waals surface area contributed by atoms with E-state index in [9.17, 15) is 0 Å². The number of ether oxygens (including phenoxy) is 1. The lowest BCUT2D eigenvalue weighted by Gasteiger charge is -2.19. The molecule has 0 saturated carbocycles. The molecule has 0 unspecified atom stereocenters. The van der Waals surface area contributed by atoms with E-state index in [0.29, 0.717) is 5.92 Å². The highest BCUT2D eigenvalue weighted by molar-refractivity contribution is 6.27. The van der Waals surface area contributed by atoms with Crippen LogP contribution >= 0.6 is 0 Å². The van der Waals surface area contributed by atoms with Crippen LogP contribution < -0.4 is 4.74 Å². The van der Waals surface area contributed by atoms with E-state index in [1.54, 1.807) is 0 Å². The molecule has 1 aromatic rings. The second-order valence-corrected chi connectivity index (χ2v) is 7.15. The molecule has 0 aliphatic carbocycles. The van der Waals surface area contributed by atoms with Crippen molar-refractivity contribution in [2.45, 2.75) is 58.3 Å². The van der Waals surface area contributed by atoms with Gasteiger partial charge in [-0.15, -0.1) is 0 Å². The molecule has 152 valence electrons. The zero-order valence-corrected chi connectivity index (χ0v) is 16.5. The minimum absolute atomic E-state index is 0.590. The summed E-state index contributed by atoms with van der Waals surface area (Å²) in [6.45, 7) is 9.14. The van der Waals surface area contributed by atoms with E-state index in [0.717, 1.165) is 18.8 Å². The van der Waals surface area contributed by atoms with Gasteiger partial charge < -0.3 is 19.8 Å².